The fraction of sp³-hybridized carbons (Fsp3) is 0.650. The molecule has 31 heavy (non-hydrogen) atoms. The Bertz CT molecular complexity index is 776. The first kappa shape index (κ1) is 25.5. The summed E-state index contributed by atoms with van der Waals surface area (Å²) in [7, 11) is -1.31. The number of nitrogens with zero attached hydrogens (tertiary/aromatic N) is 2. The number of rotatable bonds is 8. The van der Waals surface area contributed by atoms with Gasteiger partial charge in [-0.1, -0.05) is 32.5 Å². The van der Waals surface area contributed by atoms with E-state index >= 15 is 0 Å². The average Bonchev–Trinajstić information content (AvgIpc) is 3.04. The lowest BCUT2D eigenvalue weighted by molar-refractivity contribution is -0.384. The number of non-ortho nitro benzene ring substituents is 1. The lowest BCUT2D eigenvalue weighted by Gasteiger charge is -2.39. The van der Waals surface area contributed by atoms with Crippen molar-refractivity contribution in [3.05, 3.63) is 39.9 Å². The number of nitro benzene ring substituents is 1. The third kappa shape index (κ3) is 6.88. The number of likely N-dealkylation sites (tertiary alicyclic amines) is 1. The fourth-order valence-corrected chi connectivity index (χ4v) is 5.39. The van der Waals surface area contributed by atoms with Gasteiger partial charge in [-0.05, 0) is 42.1 Å². The molecule has 1 heterocycles. The molecule has 0 spiro atoms. The van der Waals surface area contributed by atoms with Gasteiger partial charge in [0.25, 0.3) is 11.4 Å². The molecule has 11 heteroatoms. The van der Waals surface area contributed by atoms with Gasteiger partial charge in [-0.15, -0.1) is 0 Å². The number of alkyl halides is 2. The van der Waals surface area contributed by atoms with Crippen molar-refractivity contribution >= 4 is 32.6 Å². The summed E-state index contributed by atoms with van der Waals surface area (Å²) in [6, 6.07) is 5.71. The molecule has 0 bridgehead atoms. The molecular formula is C20H29F2N2O5SSi. The molecule has 1 saturated heterocycles. The Balaban J connectivity index is 2.22. The molecule has 1 aliphatic rings. The number of ether oxygens (including phenoxy) is 1. The zero-order chi connectivity index (χ0) is 23.4. The van der Waals surface area contributed by atoms with E-state index < -0.39 is 31.5 Å². The molecule has 1 aliphatic heterocycles. The summed E-state index contributed by atoms with van der Waals surface area (Å²) in [6.45, 7) is 10.2. The second kappa shape index (κ2) is 10.3. The number of halogens is 2. The Morgan fingerprint density at radius 2 is 1.97 bits per heavy atom. The Kier molecular flexibility index (Phi) is 8.45. The van der Waals surface area contributed by atoms with Crippen LogP contribution in [0.25, 0.3) is 0 Å². The van der Waals surface area contributed by atoms with Crippen LogP contribution in [0.1, 0.15) is 32.8 Å². The molecule has 2 rings (SSSR count). The van der Waals surface area contributed by atoms with Crippen molar-refractivity contribution in [2.45, 2.75) is 58.4 Å². The van der Waals surface area contributed by atoms with E-state index in [2.05, 4.69) is 20.8 Å². The van der Waals surface area contributed by atoms with E-state index in [4.69, 9.17) is 9.16 Å². The number of carbonyl (C=O) groups excluding carboxylic acids is 1. The molecule has 0 saturated carbocycles. The highest BCUT2D eigenvalue weighted by Gasteiger charge is 2.53. The van der Waals surface area contributed by atoms with Crippen LogP contribution in [0.4, 0.5) is 19.3 Å². The Morgan fingerprint density at radius 1 is 1.35 bits per heavy atom. The lowest BCUT2D eigenvalue weighted by atomic mass is 9.79. The zero-order valence-electron chi connectivity index (χ0n) is 18.4. The summed E-state index contributed by atoms with van der Waals surface area (Å²) in [5.74, 6) is -2.56. The van der Waals surface area contributed by atoms with Crippen molar-refractivity contribution in [3.63, 3.8) is 0 Å². The topological polar surface area (TPSA) is 81.9 Å². The molecule has 1 radical (unpaired) electrons. The first-order valence-electron chi connectivity index (χ1n) is 9.91. The monoisotopic (exact) mass is 475 g/mol. The Morgan fingerprint density at radius 3 is 2.45 bits per heavy atom. The number of hydrogen-bond acceptors (Lipinski definition) is 6. The van der Waals surface area contributed by atoms with Crippen LogP contribution in [0, 0.1) is 21.4 Å². The molecule has 1 aromatic carbocycles. The number of benzene rings is 1. The molecule has 0 unspecified atom stereocenters. The summed E-state index contributed by atoms with van der Waals surface area (Å²) < 4.78 is 37.8. The number of hydrogen-bond donors (Lipinski definition) is 0. The van der Waals surface area contributed by atoms with Gasteiger partial charge in [-0.3, -0.25) is 15.0 Å². The Labute approximate surface area is 187 Å². The Hall–Kier alpha value is -1.72. The molecule has 1 fully saturated rings. The van der Waals surface area contributed by atoms with E-state index in [0.717, 1.165) is 0 Å². The largest absolute Gasteiger partial charge is 0.444 e. The normalized spacial score (nSPS) is 21.7. The van der Waals surface area contributed by atoms with Gasteiger partial charge in [-0.2, -0.15) is 8.78 Å². The van der Waals surface area contributed by atoms with Gasteiger partial charge >= 0.3 is 6.09 Å². The zero-order valence-corrected chi connectivity index (χ0v) is 20.2. The summed E-state index contributed by atoms with van der Waals surface area (Å²) in [5.41, 5.74) is -0.760. The molecular weight excluding hydrogens is 446 g/mol. The minimum Gasteiger partial charge on any atom is -0.444 e. The second-order valence-electron chi connectivity index (χ2n) is 8.88. The summed E-state index contributed by atoms with van der Waals surface area (Å²) in [6.07, 6.45) is -0.179. The average molecular weight is 476 g/mol. The predicted molar refractivity (Wildman–Crippen MR) is 117 cm³/mol. The molecule has 1 amide bonds. The minimum absolute atomic E-state index is 0.0419. The number of carbonyl (C=O) groups is 1. The van der Waals surface area contributed by atoms with Crippen LogP contribution in [-0.4, -0.2) is 48.7 Å². The first-order valence-corrected chi connectivity index (χ1v) is 13.4. The molecule has 0 N–H and O–H groups in total. The van der Waals surface area contributed by atoms with E-state index in [0.29, 0.717) is 30.3 Å². The van der Waals surface area contributed by atoms with E-state index in [1.807, 2.05) is 13.1 Å². The maximum Gasteiger partial charge on any atom is 0.412 e. The molecule has 2 atom stereocenters. The smallest absolute Gasteiger partial charge is 0.412 e. The third-order valence-electron chi connectivity index (χ3n) is 5.24. The quantitative estimate of drug-likeness (QED) is 0.280. The van der Waals surface area contributed by atoms with Gasteiger partial charge in [0.05, 0.1) is 4.92 Å². The van der Waals surface area contributed by atoms with Crippen LogP contribution in [0.3, 0.4) is 0 Å². The van der Waals surface area contributed by atoms with E-state index in [-0.39, 0.29) is 29.4 Å². The molecule has 1 aromatic rings. The van der Waals surface area contributed by atoms with Crippen molar-refractivity contribution in [3.8, 4) is 0 Å². The third-order valence-corrected chi connectivity index (χ3v) is 6.90. The van der Waals surface area contributed by atoms with Crippen molar-refractivity contribution in [1.29, 1.82) is 0 Å². The van der Waals surface area contributed by atoms with Gasteiger partial charge in [0.15, 0.2) is 0 Å². The maximum absolute atomic E-state index is 13.0. The van der Waals surface area contributed by atoms with Crippen molar-refractivity contribution < 1.29 is 27.7 Å². The van der Waals surface area contributed by atoms with Gasteiger partial charge < -0.3 is 9.16 Å². The SMILES string of the molecule is C[Si](C)O[C@]1(CSC(F)F)C[C@H](C(C)(C)C)CN1C(=O)OCc1ccc([N+](=O)[O-])cc1. The summed E-state index contributed by atoms with van der Waals surface area (Å²) >= 11 is 0.467. The molecule has 7 nitrogen and oxygen atoms in total. The second-order valence-corrected chi connectivity index (χ2v) is 11.9. The molecule has 0 aromatic heterocycles. The highest BCUT2D eigenvalue weighted by atomic mass is 32.2. The summed E-state index contributed by atoms with van der Waals surface area (Å²) in [5, 5.41) is 10.8. The predicted octanol–water partition coefficient (Wildman–Crippen LogP) is 5.52. The lowest BCUT2D eigenvalue weighted by Crippen LogP contribution is -2.53. The number of thioether (sulfide) groups is 1. The first-order chi connectivity index (χ1) is 14.3. The van der Waals surface area contributed by atoms with Gasteiger partial charge in [0, 0.05) is 30.9 Å². The van der Waals surface area contributed by atoms with Crippen LogP contribution in [0.5, 0.6) is 0 Å². The molecule has 173 valence electrons. The number of nitro groups is 1. The molecule has 0 aliphatic carbocycles. The van der Waals surface area contributed by atoms with Crippen LogP contribution < -0.4 is 0 Å². The standard InChI is InChI=1S/C20H29F2N2O5SSi/c1-19(2,3)15-10-20(29-31(4)5,13-30-17(21)22)23(11-15)18(25)28-12-14-6-8-16(9-7-14)24(26)27/h6-9,15,17H,10-13H2,1-5H3/t15-,20-/m0/s1. The van der Waals surface area contributed by atoms with E-state index in [9.17, 15) is 23.7 Å². The minimum atomic E-state index is -2.57. The highest BCUT2D eigenvalue weighted by molar-refractivity contribution is 7.99. The van der Waals surface area contributed by atoms with Crippen LogP contribution in [0.2, 0.25) is 13.1 Å². The van der Waals surface area contributed by atoms with Crippen LogP contribution in [-0.2, 0) is 15.8 Å². The van der Waals surface area contributed by atoms with Crippen molar-refractivity contribution in [2.24, 2.45) is 11.3 Å². The van der Waals surface area contributed by atoms with Gasteiger partial charge in [0.1, 0.15) is 12.3 Å². The fourth-order valence-electron chi connectivity index (χ4n) is 3.54. The van der Waals surface area contributed by atoms with Crippen LogP contribution in [0.15, 0.2) is 24.3 Å². The number of amides is 1. The van der Waals surface area contributed by atoms with Gasteiger partial charge in [-0.25, -0.2) is 4.79 Å². The maximum atomic E-state index is 13.0. The van der Waals surface area contributed by atoms with E-state index in [1.54, 1.807) is 0 Å². The van der Waals surface area contributed by atoms with Crippen molar-refractivity contribution in [1.82, 2.24) is 4.90 Å². The summed E-state index contributed by atoms with van der Waals surface area (Å²) in [4.78, 5) is 24.8. The van der Waals surface area contributed by atoms with Crippen LogP contribution >= 0.6 is 11.8 Å². The van der Waals surface area contributed by atoms with Crippen molar-refractivity contribution in [2.75, 3.05) is 12.3 Å². The van der Waals surface area contributed by atoms with Gasteiger partial charge in [0.2, 0.25) is 9.04 Å². The highest BCUT2D eigenvalue weighted by Crippen LogP contribution is 2.45. The van der Waals surface area contributed by atoms with E-state index in [1.165, 1.54) is 29.2 Å².